The van der Waals surface area contributed by atoms with Gasteiger partial charge in [0.2, 0.25) is 5.91 Å². The number of carbonyl (C=O) groups excluding carboxylic acids is 2. The van der Waals surface area contributed by atoms with Crippen molar-refractivity contribution in [1.82, 2.24) is 10.2 Å². The van der Waals surface area contributed by atoms with Gasteiger partial charge in [0.25, 0.3) is 5.91 Å². The summed E-state index contributed by atoms with van der Waals surface area (Å²) in [6.07, 6.45) is 0.373. The molecule has 0 saturated carbocycles. The summed E-state index contributed by atoms with van der Waals surface area (Å²) in [5, 5.41) is 5.99. The fraction of sp³-hybridized carbons (Fsp3) is 0.385. The predicted molar refractivity (Wildman–Crippen MR) is 67.5 cm³/mol. The van der Waals surface area contributed by atoms with E-state index in [4.69, 9.17) is 0 Å². The molecule has 1 saturated heterocycles. The van der Waals surface area contributed by atoms with Crippen LogP contribution in [0.5, 0.6) is 0 Å². The van der Waals surface area contributed by atoms with Gasteiger partial charge in [-0.25, -0.2) is 0 Å². The Bertz CT molecular complexity index is 507. The predicted octanol–water partition coefficient (Wildman–Crippen LogP) is 0.227. The monoisotopic (exact) mass is 245 g/mol. The average molecular weight is 245 g/mol. The lowest BCUT2D eigenvalue weighted by atomic mass is 10.1. The van der Waals surface area contributed by atoms with Crippen molar-refractivity contribution in [3.05, 3.63) is 29.3 Å². The molecule has 5 nitrogen and oxygen atoms in total. The number of rotatable bonds is 1. The lowest BCUT2D eigenvalue weighted by molar-refractivity contribution is -0.115. The summed E-state index contributed by atoms with van der Waals surface area (Å²) in [5.74, 6) is 0.0513. The van der Waals surface area contributed by atoms with Gasteiger partial charge in [-0.3, -0.25) is 9.59 Å². The topological polar surface area (TPSA) is 61.4 Å². The van der Waals surface area contributed by atoms with E-state index in [1.807, 2.05) is 17.0 Å². The van der Waals surface area contributed by atoms with Crippen molar-refractivity contribution in [2.45, 2.75) is 6.42 Å². The second kappa shape index (κ2) is 4.42. The fourth-order valence-electron chi connectivity index (χ4n) is 2.41. The molecule has 94 valence electrons. The molecule has 1 aromatic rings. The maximum Gasteiger partial charge on any atom is 0.253 e. The second-order valence-electron chi connectivity index (χ2n) is 4.64. The van der Waals surface area contributed by atoms with Gasteiger partial charge in [-0.05, 0) is 23.8 Å². The number of carbonyl (C=O) groups is 2. The molecular formula is C13H15N3O2. The van der Waals surface area contributed by atoms with Crippen LogP contribution in [0.15, 0.2) is 18.2 Å². The van der Waals surface area contributed by atoms with E-state index in [2.05, 4.69) is 10.6 Å². The molecule has 0 atom stereocenters. The lowest BCUT2D eigenvalue weighted by Crippen LogP contribution is -2.46. The molecule has 2 N–H and O–H groups in total. The molecular weight excluding hydrogens is 230 g/mol. The minimum Gasteiger partial charge on any atom is -0.336 e. The first kappa shape index (κ1) is 11.2. The lowest BCUT2D eigenvalue weighted by Gasteiger charge is -2.27. The zero-order chi connectivity index (χ0) is 12.5. The van der Waals surface area contributed by atoms with Crippen molar-refractivity contribution in [3.63, 3.8) is 0 Å². The van der Waals surface area contributed by atoms with Gasteiger partial charge in [-0.1, -0.05) is 0 Å². The Morgan fingerprint density at radius 1 is 1.22 bits per heavy atom. The molecule has 2 amide bonds. The van der Waals surface area contributed by atoms with E-state index in [9.17, 15) is 9.59 Å². The highest BCUT2D eigenvalue weighted by Gasteiger charge is 2.22. The third-order valence-electron chi connectivity index (χ3n) is 3.38. The molecule has 18 heavy (non-hydrogen) atoms. The average Bonchev–Trinajstić information content (AvgIpc) is 2.78. The van der Waals surface area contributed by atoms with Crippen LogP contribution in [-0.2, 0) is 11.2 Å². The first-order valence-corrected chi connectivity index (χ1v) is 6.17. The number of hydrogen-bond acceptors (Lipinski definition) is 3. The number of fused-ring (bicyclic) bond motifs is 1. The number of hydrogen-bond donors (Lipinski definition) is 2. The number of nitrogens with zero attached hydrogens (tertiary/aromatic N) is 1. The van der Waals surface area contributed by atoms with Crippen molar-refractivity contribution < 1.29 is 9.59 Å². The first-order chi connectivity index (χ1) is 8.74. The minimum atomic E-state index is -0.00299. The summed E-state index contributed by atoms with van der Waals surface area (Å²) >= 11 is 0. The Balaban J connectivity index is 1.82. The summed E-state index contributed by atoms with van der Waals surface area (Å²) in [6, 6.07) is 5.43. The number of amides is 2. The SMILES string of the molecule is O=C1Cc2cc(C(=O)N3CCNCC3)ccc2N1. The molecule has 2 aliphatic heterocycles. The van der Waals surface area contributed by atoms with Gasteiger partial charge in [0, 0.05) is 37.4 Å². The van der Waals surface area contributed by atoms with Crippen LogP contribution in [-0.4, -0.2) is 42.9 Å². The molecule has 1 fully saturated rings. The zero-order valence-corrected chi connectivity index (χ0v) is 10.0. The van der Waals surface area contributed by atoms with Crippen LogP contribution < -0.4 is 10.6 Å². The van der Waals surface area contributed by atoms with Gasteiger partial charge in [0.15, 0.2) is 0 Å². The number of benzene rings is 1. The van der Waals surface area contributed by atoms with Crippen molar-refractivity contribution in [2.75, 3.05) is 31.5 Å². The summed E-state index contributed by atoms with van der Waals surface area (Å²) in [5.41, 5.74) is 2.42. The second-order valence-corrected chi connectivity index (χ2v) is 4.64. The van der Waals surface area contributed by atoms with E-state index in [1.54, 1.807) is 6.07 Å². The first-order valence-electron chi connectivity index (χ1n) is 6.17. The van der Waals surface area contributed by atoms with Gasteiger partial charge < -0.3 is 15.5 Å². The van der Waals surface area contributed by atoms with Crippen molar-refractivity contribution >= 4 is 17.5 Å². The smallest absolute Gasteiger partial charge is 0.253 e. The van der Waals surface area contributed by atoms with Crippen molar-refractivity contribution in [2.24, 2.45) is 0 Å². The summed E-state index contributed by atoms with van der Waals surface area (Å²) in [6.45, 7) is 3.17. The third-order valence-corrected chi connectivity index (χ3v) is 3.38. The van der Waals surface area contributed by atoms with E-state index in [-0.39, 0.29) is 11.8 Å². The normalized spacial score (nSPS) is 18.4. The van der Waals surface area contributed by atoms with E-state index >= 15 is 0 Å². The molecule has 0 aromatic heterocycles. The van der Waals surface area contributed by atoms with Gasteiger partial charge in [-0.15, -0.1) is 0 Å². The van der Waals surface area contributed by atoms with Crippen molar-refractivity contribution in [1.29, 1.82) is 0 Å². The van der Waals surface area contributed by atoms with Crippen LogP contribution >= 0.6 is 0 Å². The van der Waals surface area contributed by atoms with Crippen LogP contribution in [0.3, 0.4) is 0 Å². The number of anilines is 1. The Labute approximate surface area is 105 Å². The van der Waals surface area contributed by atoms with E-state index in [1.165, 1.54) is 0 Å². The van der Waals surface area contributed by atoms with Crippen LogP contribution in [0.25, 0.3) is 0 Å². The van der Waals surface area contributed by atoms with Gasteiger partial charge in [0.1, 0.15) is 0 Å². The Morgan fingerprint density at radius 2 is 2.00 bits per heavy atom. The third kappa shape index (κ3) is 1.97. The van der Waals surface area contributed by atoms with Crippen LogP contribution in [0, 0.1) is 0 Å². The maximum atomic E-state index is 12.3. The highest BCUT2D eigenvalue weighted by atomic mass is 16.2. The minimum absolute atomic E-state index is 0.00299. The molecule has 0 bridgehead atoms. The molecule has 0 aliphatic carbocycles. The Kier molecular flexibility index (Phi) is 2.76. The maximum absolute atomic E-state index is 12.3. The van der Waals surface area contributed by atoms with E-state index < -0.39 is 0 Å². The van der Waals surface area contributed by atoms with Crippen molar-refractivity contribution in [3.8, 4) is 0 Å². The van der Waals surface area contributed by atoms with Crippen LogP contribution in [0.2, 0.25) is 0 Å². The molecule has 5 heteroatoms. The van der Waals surface area contributed by atoms with E-state index in [0.717, 1.165) is 37.4 Å². The molecule has 2 aliphatic rings. The van der Waals surface area contributed by atoms with Gasteiger partial charge >= 0.3 is 0 Å². The number of nitrogens with one attached hydrogen (secondary N) is 2. The Hall–Kier alpha value is -1.88. The molecule has 1 aromatic carbocycles. The summed E-state index contributed by atoms with van der Waals surface area (Å²) in [7, 11) is 0. The highest BCUT2D eigenvalue weighted by Crippen LogP contribution is 2.24. The summed E-state index contributed by atoms with van der Waals surface area (Å²) in [4.78, 5) is 25.4. The zero-order valence-electron chi connectivity index (χ0n) is 10.0. The number of piperazine rings is 1. The highest BCUT2D eigenvalue weighted by molar-refractivity contribution is 6.01. The standard InChI is InChI=1S/C13H15N3O2/c17-12-8-10-7-9(1-2-11(10)15-12)13(18)16-5-3-14-4-6-16/h1-2,7,14H,3-6,8H2,(H,15,17). The molecule has 0 spiro atoms. The van der Waals surface area contributed by atoms with E-state index in [0.29, 0.717) is 12.0 Å². The fourth-order valence-corrected chi connectivity index (χ4v) is 2.41. The molecule has 0 radical (unpaired) electrons. The largest absolute Gasteiger partial charge is 0.336 e. The van der Waals surface area contributed by atoms with Crippen LogP contribution in [0.1, 0.15) is 15.9 Å². The molecule has 0 unspecified atom stereocenters. The quantitative estimate of drug-likeness (QED) is 0.744. The van der Waals surface area contributed by atoms with Crippen LogP contribution in [0.4, 0.5) is 5.69 Å². The summed E-state index contributed by atoms with van der Waals surface area (Å²) < 4.78 is 0. The Morgan fingerprint density at radius 3 is 2.78 bits per heavy atom. The molecule has 2 heterocycles. The molecule has 3 rings (SSSR count). The van der Waals surface area contributed by atoms with Gasteiger partial charge in [-0.2, -0.15) is 0 Å². The van der Waals surface area contributed by atoms with Gasteiger partial charge in [0.05, 0.1) is 6.42 Å².